The van der Waals surface area contributed by atoms with E-state index < -0.39 is 14.7 Å². The fourth-order valence-corrected chi connectivity index (χ4v) is 7.72. The van der Waals surface area contributed by atoms with E-state index in [1.807, 2.05) is 0 Å². The molecule has 0 aliphatic carbocycles. The molecule has 0 nitrogen and oxygen atoms in total. The molecule has 102 valence electrons. The summed E-state index contributed by atoms with van der Waals surface area (Å²) in [5.74, 6) is 0. The van der Waals surface area contributed by atoms with E-state index in [1.54, 1.807) is 0 Å². The molecule has 0 heterocycles. The summed E-state index contributed by atoms with van der Waals surface area (Å²) in [5.41, 5.74) is 0. The zero-order chi connectivity index (χ0) is 12.9. The Morgan fingerprint density at radius 2 is 0.650 bits per heavy atom. The Morgan fingerprint density at radius 3 is 0.900 bits per heavy atom. The molecule has 0 fully saturated rings. The Balaban J connectivity index is 0.00000147. The molecule has 0 atom stereocenters. The van der Waals surface area contributed by atoms with Crippen LogP contribution in [0, 0.1) is 0 Å². The molecular weight excluding hydrogens is 394 g/mol. The van der Waals surface area contributed by atoms with Crippen LogP contribution in [0.15, 0.2) is 91.0 Å². The number of hydrogen-bond donors (Lipinski definition) is 0. The van der Waals surface area contributed by atoms with Crippen molar-refractivity contribution in [2.45, 2.75) is 0 Å². The fraction of sp³-hybridized carbons (Fsp3) is 0. The average molecular weight is 410 g/mol. The van der Waals surface area contributed by atoms with Crippen LogP contribution in [0.2, 0.25) is 0 Å². The minimum absolute atomic E-state index is 0. The van der Waals surface area contributed by atoms with Gasteiger partial charge in [-0.3, -0.25) is 0 Å². The second-order valence-electron chi connectivity index (χ2n) is 4.47. The van der Waals surface area contributed by atoms with Crippen molar-refractivity contribution in [3.63, 3.8) is 0 Å². The van der Waals surface area contributed by atoms with Crippen molar-refractivity contribution in [3.05, 3.63) is 91.0 Å². The summed E-state index contributed by atoms with van der Waals surface area (Å²) in [6, 6.07) is 32.8. The molecule has 0 N–H and O–H groups in total. The maximum atomic E-state index is 2.27. The molecule has 0 spiro atoms. The summed E-state index contributed by atoms with van der Waals surface area (Å²) in [4.78, 5) is 0. The summed E-state index contributed by atoms with van der Waals surface area (Å²) in [7, 11) is 0. The van der Waals surface area contributed by atoms with Gasteiger partial charge in [0.05, 0.1) is 0 Å². The maximum absolute atomic E-state index is 2.27. The Labute approximate surface area is 137 Å². The third kappa shape index (κ3) is 3.48. The first-order valence-corrected chi connectivity index (χ1v) is 9.63. The van der Waals surface area contributed by atoms with E-state index in [2.05, 4.69) is 91.0 Å². The third-order valence-electron chi connectivity index (χ3n) is 3.19. The molecule has 20 heavy (non-hydrogen) atoms. The second kappa shape index (κ2) is 7.58. The summed E-state index contributed by atoms with van der Waals surface area (Å²) in [5, 5.41) is 0. The molecule has 2 heteroatoms. The standard InChI is InChI=1S/C18H16As.Rh/c1-4-10-16(11-5-1)19(17-12-6-2-7-13-17)18-14-8-3-9-15-18;/h1-15,19H;. The summed E-state index contributed by atoms with van der Waals surface area (Å²) in [6.45, 7) is 0. The first kappa shape index (κ1) is 15.2. The SMILES string of the molecule is [Rh].c1ccc([AsH](c2ccccc2)c2ccccc2)cc1. The zero-order valence-corrected chi connectivity index (χ0v) is 14.7. The van der Waals surface area contributed by atoms with Crippen LogP contribution in [0.25, 0.3) is 0 Å². The Bertz CT molecular complexity index is 529. The Kier molecular flexibility index (Phi) is 5.77. The van der Waals surface area contributed by atoms with Gasteiger partial charge in [0.15, 0.2) is 0 Å². The van der Waals surface area contributed by atoms with Crippen LogP contribution in [0.5, 0.6) is 0 Å². The summed E-state index contributed by atoms with van der Waals surface area (Å²) >= 11 is -1.63. The first-order chi connectivity index (χ1) is 9.45. The molecular formula is C18H16AsRh. The molecule has 0 aromatic heterocycles. The number of benzene rings is 3. The van der Waals surface area contributed by atoms with Gasteiger partial charge in [-0.05, 0) is 0 Å². The summed E-state index contributed by atoms with van der Waals surface area (Å²) in [6.07, 6.45) is 0. The minimum atomic E-state index is -1.63. The molecule has 0 amide bonds. The van der Waals surface area contributed by atoms with Crippen molar-refractivity contribution in [2.75, 3.05) is 0 Å². The number of hydrogen-bond acceptors (Lipinski definition) is 0. The van der Waals surface area contributed by atoms with Crippen molar-refractivity contribution < 1.29 is 19.5 Å². The van der Waals surface area contributed by atoms with Gasteiger partial charge < -0.3 is 0 Å². The topological polar surface area (TPSA) is 0 Å². The van der Waals surface area contributed by atoms with Gasteiger partial charge in [-0.15, -0.1) is 0 Å². The molecule has 0 aliphatic heterocycles. The molecule has 3 rings (SSSR count). The molecule has 3 aromatic carbocycles. The zero-order valence-electron chi connectivity index (χ0n) is 11.0. The van der Waals surface area contributed by atoms with Crippen molar-refractivity contribution in [1.82, 2.24) is 0 Å². The van der Waals surface area contributed by atoms with Crippen LogP contribution in [0.3, 0.4) is 0 Å². The van der Waals surface area contributed by atoms with Crippen molar-refractivity contribution in [1.29, 1.82) is 0 Å². The first-order valence-electron chi connectivity index (χ1n) is 6.48. The monoisotopic (exact) mass is 410 g/mol. The van der Waals surface area contributed by atoms with E-state index in [-0.39, 0.29) is 19.5 Å². The molecule has 0 aliphatic rings. The molecule has 0 unspecified atom stereocenters. The number of rotatable bonds is 3. The molecule has 0 bridgehead atoms. The van der Waals surface area contributed by atoms with E-state index in [0.29, 0.717) is 0 Å². The van der Waals surface area contributed by atoms with Gasteiger partial charge in [0.1, 0.15) is 0 Å². The quantitative estimate of drug-likeness (QED) is 0.580. The molecule has 0 saturated carbocycles. The van der Waals surface area contributed by atoms with Crippen molar-refractivity contribution in [3.8, 4) is 0 Å². The third-order valence-corrected chi connectivity index (χ3v) is 8.92. The van der Waals surface area contributed by atoms with Crippen LogP contribution in [0.4, 0.5) is 0 Å². The van der Waals surface area contributed by atoms with Gasteiger partial charge >= 0.3 is 119 Å². The normalized spacial score (nSPS) is 10.1. The molecule has 3 aromatic rings. The van der Waals surface area contributed by atoms with Gasteiger partial charge in [0.25, 0.3) is 0 Å². The molecule has 0 saturated heterocycles. The predicted molar refractivity (Wildman–Crippen MR) is 85.4 cm³/mol. The van der Waals surface area contributed by atoms with Gasteiger partial charge in [0, 0.05) is 19.5 Å². The van der Waals surface area contributed by atoms with Gasteiger partial charge in [0.2, 0.25) is 0 Å². The van der Waals surface area contributed by atoms with Crippen LogP contribution in [-0.4, -0.2) is 14.7 Å². The van der Waals surface area contributed by atoms with E-state index in [1.165, 1.54) is 13.1 Å². The summed E-state index contributed by atoms with van der Waals surface area (Å²) < 4.78 is 4.50. The van der Waals surface area contributed by atoms with E-state index in [4.69, 9.17) is 0 Å². The average Bonchev–Trinajstić information content (AvgIpc) is 2.51. The fourth-order valence-electron chi connectivity index (χ4n) is 2.31. The van der Waals surface area contributed by atoms with Crippen molar-refractivity contribution in [2.24, 2.45) is 0 Å². The van der Waals surface area contributed by atoms with E-state index >= 15 is 0 Å². The van der Waals surface area contributed by atoms with Gasteiger partial charge in [-0.25, -0.2) is 0 Å². The van der Waals surface area contributed by atoms with Crippen LogP contribution < -0.4 is 13.1 Å². The molecule has 2 radical (unpaired) electrons. The van der Waals surface area contributed by atoms with E-state index in [9.17, 15) is 0 Å². The van der Waals surface area contributed by atoms with Crippen LogP contribution in [-0.2, 0) is 19.5 Å². The Hall–Kier alpha value is -1.16. The predicted octanol–water partition coefficient (Wildman–Crippen LogP) is 1.93. The van der Waals surface area contributed by atoms with E-state index in [0.717, 1.165) is 0 Å². The van der Waals surface area contributed by atoms with Crippen LogP contribution in [0.1, 0.15) is 0 Å². The van der Waals surface area contributed by atoms with Gasteiger partial charge in [-0.2, -0.15) is 0 Å². The second-order valence-corrected chi connectivity index (χ2v) is 9.68. The Morgan fingerprint density at radius 1 is 0.400 bits per heavy atom. The van der Waals surface area contributed by atoms with Crippen molar-refractivity contribution >= 4 is 27.7 Å². The van der Waals surface area contributed by atoms with Crippen LogP contribution >= 0.6 is 0 Å². The van der Waals surface area contributed by atoms with Gasteiger partial charge in [-0.1, -0.05) is 0 Å².